The maximum absolute atomic E-state index is 12.7. The van der Waals surface area contributed by atoms with Crippen molar-refractivity contribution < 1.29 is 24.4 Å². The topological polar surface area (TPSA) is 119 Å². The summed E-state index contributed by atoms with van der Waals surface area (Å²) in [4.78, 5) is 36.3. The van der Waals surface area contributed by atoms with Crippen LogP contribution in [0.4, 0.5) is 5.69 Å². The number of phenols is 1. The van der Waals surface area contributed by atoms with Crippen LogP contribution in [0.25, 0.3) is 0 Å². The first-order chi connectivity index (χ1) is 12.8. The fraction of sp³-hybridized carbons (Fsp3) is 0.368. The summed E-state index contributed by atoms with van der Waals surface area (Å²) in [5, 5.41) is 24.4. The second-order valence-corrected chi connectivity index (χ2v) is 6.49. The van der Waals surface area contributed by atoms with E-state index in [9.17, 15) is 24.8 Å². The SMILES string of the molecule is CCOC(=O)C1=C(C)NC2=C(C(=O)CCC2)[C@H]1c1ccc(O)cc1[N+](=O)[O-]. The molecule has 8 heteroatoms. The summed E-state index contributed by atoms with van der Waals surface area (Å²) in [7, 11) is 0. The monoisotopic (exact) mass is 372 g/mol. The number of carbonyl (C=O) groups excluding carboxylic acids is 2. The minimum Gasteiger partial charge on any atom is -0.508 e. The van der Waals surface area contributed by atoms with E-state index in [1.54, 1.807) is 13.8 Å². The number of hydrogen-bond acceptors (Lipinski definition) is 7. The van der Waals surface area contributed by atoms with Gasteiger partial charge in [-0.2, -0.15) is 0 Å². The molecular formula is C19H20N2O6. The normalized spacial score (nSPS) is 19.5. The van der Waals surface area contributed by atoms with Crippen LogP contribution in [0.15, 0.2) is 40.7 Å². The van der Waals surface area contributed by atoms with E-state index in [0.717, 1.165) is 6.07 Å². The molecule has 8 nitrogen and oxygen atoms in total. The highest BCUT2D eigenvalue weighted by Gasteiger charge is 2.41. The average Bonchev–Trinajstić information content (AvgIpc) is 2.61. The molecule has 0 fully saturated rings. The molecule has 1 aliphatic heterocycles. The van der Waals surface area contributed by atoms with Gasteiger partial charge in [0.25, 0.3) is 5.69 Å². The predicted molar refractivity (Wildman–Crippen MR) is 95.9 cm³/mol. The Balaban J connectivity index is 2.27. The molecule has 0 bridgehead atoms. The molecular weight excluding hydrogens is 352 g/mol. The summed E-state index contributed by atoms with van der Waals surface area (Å²) in [5.74, 6) is -1.94. The van der Waals surface area contributed by atoms with E-state index in [0.29, 0.717) is 36.2 Å². The minimum atomic E-state index is -0.908. The largest absolute Gasteiger partial charge is 0.508 e. The number of ketones is 1. The van der Waals surface area contributed by atoms with Crippen LogP contribution in [0.5, 0.6) is 5.75 Å². The first-order valence-electron chi connectivity index (χ1n) is 8.73. The molecule has 27 heavy (non-hydrogen) atoms. The number of carbonyl (C=O) groups is 2. The Morgan fingerprint density at radius 3 is 2.81 bits per heavy atom. The van der Waals surface area contributed by atoms with E-state index < -0.39 is 16.8 Å². The lowest BCUT2D eigenvalue weighted by Crippen LogP contribution is -2.34. The van der Waals surface area contributed by atoms with Crippen molar-refractivity contribution in [3.63, 3.8) is 0 Å². The van der Waals surface area contributed by atoms with Gasteiger partial charge in [-0.05, 0) is 38.8 Å². The molecule has 1 aromatic carbocycles. The number of rotatable bonds is 4. The van der Waals surface area contributed by atoms with E-state index in [4.69, 9.17) is 4.74 Å². The lowest BCUT2D eigenvalue weighted by Gasteiger charge is -2.33. The van der Waals surface area contributed by atoms with Crippen molar-refractivity contribution >= 4 is 17.4 Å². The van der Waals surface area contributed by atoms with Crippen molar-refractivity contribution in [2.75, 3.05) is 6.61 Å². The molecule has 142 valence electrons. The Bertz CT molecular complexity index is 899. The number of dihydropyridines is 1. The van der Waals surface area contributed by atoms with Crippen molar-refractivity contribution in [3.8, 4) is 5.75 Å². The van der Waals surface area contributed by atoms with Gasteiger partial charge in [0.1, 0.15) is 5.75 Å². The van der Waals surface area contributed by atoms with Crippen LogP contribution in [0.3, 0.4) is 0 Å². The van der Waals surface area contributed by atoms with Gasteiger partial charge < -0.3 is 15.2 Å². The van der Waals surface area contributed by atoms with E-state index in [-0.39, 0.29) is 35.0 Å². The lowest BCUT2D eigenvalue weighted by atomic mass is 9.75. The van der Waals surface area contributed by atoms with Crippen LogP contribution in [0, 0.1) is 10.1 Å². The Morgan fingerprint density at radius 1 is 1.41 bits per heavy atom. The fourth-order valence-electron chi connectivity index (χ4n) is 3.71. The second-order valence-electron chi connectivity index (χ2n) is 6.49. The van der Waals surface area contributed by atoms with Gasteiger partial charge in [0, 0.05) is 29.0 Å². The molecule has 3 rings (SSSR count). The third-order valence-corrected chi connectivity index (χ3v) is 4.79. The van der Waals surface area contributed by atoms with Crippen LogP contribution >= 0.6 is 0 Å². The molecule has 0 spiro atoms. The van der Waals surface area contributed by atoms with Gasteiger partial charge >= 0.3 is 5.97 Å². The smallest absolute Gasteiger partial charge is 0.336 e. The summed E-state index contributed by atoms with van der Waals surface area (Å²) in [6, 6.07) is 3.74. The first kappa shape index (κ1) is 18.6. The minimum absolute atomic E-state index is 0.139. The summed E-state index contributed by atoms with van der Waals surface area (Å²) in [6.07, 6.45) is 1.62. The van der Waals surface area contributed by atoms with Crippen LogP contribution in [0.1, 0.15) is 44.6 Å². The van der Waals surface area contributed by atoms with Crippen molar-refractivity contribution in [2.45, 2.75) is 39.0 Å². The van der Waals surface area contributed by atoms with Crippen molar-refractivity contribution in [1.82, 2.24) is 5.32 Å². The number of Topliss-reactive ketones (excluding diaryl/α,β-unsaturated/α-hetero) is 1. The zero-order valence-corrected chi connectivity index (χ0v) is 15.1. The molecule has 1 aliphatic carbocycles. The Hall–Kier alpha value is -3.16. The Kier molecular flexibility index (Phi) is 4.98. The summed E-state index contributed by atoms with van der Waals surface area (Å²) in [5.41, 5.74) is 1.58. The first-order valence-corrected chi connectivity index (χ1v) is 8.73. The molecule has 1 atom stereocenters. The number of aromatic hydroxyl groups is 1. The zero-order chi connectivity index (χ0) is 19.7. The molecule has 0 saturated heterocycles. The van der Waals surface area contributed by atoms with Gasteiger partial charge in [0.05, 0.1) is 29.1 Å². The number of nitrogens with one attached hydrogen (secondary N) is 1. The highest BCUT2D eigenvalue weighted by molar-refractivity contribution is 6.04. The van der Waals surface area contributed by atoms with Gasteiger partial charge in [-0.3, -0.25) is 14.9 Å². The zero-order valence-electron chi connectivity index (χ0n) is 15.1. The number of benzene rings is 1. The van der Waals surface area contributed by atoms with E-state index >= 15 is 0 Å². The van der Waals surface area contributed by atoms with Crippen LogP contribution in [0.2, 0.25) is 0 Å². The molecule has 0 radical (unpaired) electrons. The molecule has 1 heterocycles. The maximum atomic E-state index is 12.7. The summed E-state index contributed by atoms with van der Waals surface area (Å²) >= 11 is 0. The van der Waals surface area contributed by atoms with Crippen molar-refractivity contribution in [3.05, 3.63) is 56.4 Å². The third kappa shape index (κ3) is 3.30. The quantitative estimate of drug-likeness (QED) is 0.474. The molecule has 0 aromatic heterocycles. The van der Waals surface area contributed by atoms with Crippen LogP contribution in [-0.4, -0.2) is 28.4 Å². The number of phenolic OH excluding ortho intramolecular Hbond substituents is 1. The number of hydrogen-bond donors (Lipinski definition) is 2. The number of allylic oxidation sites excluding steroid dienone is 3. The number of esters is 1. The molecule has 2 N–H and O–H groups in total. The molecule has 0 unspecified atom stereocenters. The maximum Gasteiger partial charge on any atom is 0.336 e. The molecule has 0 saturated carbocycles. The van der Waals surface area contributed by atoms with Crippen LogP contribution in [-0.2, 0) is 14.3 Å². The molecule has 1 aromatic rings. The predicted octanol–water partition coefficient (Wildman–Crippen LogP) is 2.83. The van der Waals surface area contributed by atoms with E-state index in [1.165, 1.54) is 12.1 Å². The number of nitro benzene ring substituents is 1. The summed E-state index contributed by atoms with van der Waals surface area (Å²) in [6.45, 7) is 3.49. The van der Waals surface area contributed by atoms with Gasteiger partial charge in [-0.25, -0.2) is 4.79 Å². The molecule has 2 aliphatic rings. The van der Waals surface area contributed by atoms with Crippen molar-refractivity contribution in [2.24, 2.45) is 0 Å². The average molecular weight is 372 g/mol. The van der Waals surface area contributed by atoms with E-state index in [1.807, 2.05) is 0 Å². The van der Waals surface area contributed by atoms with E-state index in [2.05, 4.69) is 5.32 Å². The van der Waals surface area contributed by atoms with Gasteiger partial charge in [-0.15, -0.1) is 0 Å². The molecule has 0 amide bonds. The van der Waals surface area contributed by atoms with Crippen LogP contribution < -0.4 is 5.32 Å². The van der Waals surface area contributed by atoms with Crippen molar-refractivity contribution in [1.29, 1.82) is 0 Å². The number of nitro groups is 1. The van der Waals surface area contributed by atoms with Gasteiger partial charge in [0.2, 0.25) is 0 Å². The van der Waals surface area contributed by atoms with Gasteiger partial charge in [-0.1, -0.05) is 0 Å². The highest BCUT2D eigenvalue weighted by Crippen LogP contribution is 2.45. The number of nitrogens with zero attached hydrogens (tertiary/aromatic N) is 1. The number of ether oxygens (including phenoxy) is 1. The standard InChI is InChI=1S/C19H20N2O6/c1-3-27-19(24)16-10(2)20-13-5-4-6-15(23)18(13)17(16)12-8-7-11(22)9-14(12)21(25)26/h7-9,17,20,22H,3-6H2,1-2H3/t17-/m0/s1. The fourth-order valence-corrected chi connectivity index (χ4v) is 3.71. The van der Waals surface area contributed by atoms with Gasteiger partial charge in [0.15, 0.2) is 5.78 Å². The Morgan fingerprint density at radius 2 is 2.15 bits per heavy atom. The Labute approximate surface area is 155 Å². The second kappa shape index (κ2) is 7.22. The highest BCUT2D eigenvalue weighted by atomic mass is 16.6. The summed E-state index contributed by atoms with van der Waals surface area (Å²) < 4.78 is 5.15. The lowest BCUT2D eigenvalue weighted by molar-refractivity contribution is -0.385. The third-order valence-electron chi connectivity index (χ3n) is 4.79.